The molecule has 0 aliphatic heterocycles. The second-order valence-corrected chi connectivity index (χ2v) is 39.6. The summed E-state index contributed by atoms with van der Waals surface area (Å²) >= 11 is 16.3. The molecule has 0 unspecified atom stereocenters. The normalized spacial score (nSPS) is 11.8. The lowest BCUT2D eigenvalue weighted by Crippen LogP contribution is -2.00. The van der Waals surface area contributed by atoms with Gasteiger partial charge in [-0.2, -0.15) is 52.5 Å². The summed E-state index contributed by atoms with van der Waals surface area (Å²) in [6, 6.07) is 13.9. The molecule has 0 saturated heterocycles. The molecule has 24 heterocycles. The molecule has 42 nitrogen and oxygen atoms in total. The predicted molar refractivity (Wildman–Crippen MR) is 520 cm³/mol. The molecule has 53 heteroatoms. The Labute approximate surface area is 801 Å². The van der Waals surface area contributed by atoms with Gasteiger partial charge >= 0.3 is 0 Å². The molecule has 1 aliphatic carbocycles. The molecule has 24 aromatic heterocycles. The molecule has 666 valence electrons. The highest BCUT2D eigenvalue weighted by molar-refractivity contribution is 8.01. The van der Waals surface area contributed by atoms with E-state index in [-0.39, 0.29) is 0 Å². The van der Waals surface area contributed by atoms with Gasteiger partial charge in [0.15, 0.2) is 72.0 Å². The van der Waals surface area contributed by atoms with Crippen molar-refractivity contribution in [2.45, 2.75) is 97.4 Å². The summed E-state index contributed by atoms with van der Waals surface area (Å²) in [6.45, 7) is 9.82. The monoisotopic (exact) mass is 1980 g/mol. The van der Waals surface area contributed by atoms with Crippen molar-refractivity contribution in [3.63, 3.8) is 0 Å². The standard InChI is InChI=1S/C18H14N8S2.C16H13N9S2.C16H12N8S3.C16H15N7S2.C15H12N10S2/c1-11-6-15(28-25-11)23-17-18-20-9-14(12-7-21-22-8-12)26(18)10-16(24-17)27-13-2-4-19-5-3-13;1-9-4-12(27-24-9)22-14-15-19-7-11(10-5-20-21-6-10)25(15)8-13(23-14)26-16-17-2-3-18-16;1-9-4-12(27-23-9)21-14-15-18-7-11(10-5-19-20-6-10)24(15)8-13(22-14)26-16-17-2-3-25-16;1-9-4-13(25-22-9)20-15-16-17-7-12(10-5-18-19-6-10)23(16)8-14(21-15)24-11-2-3-11;1-8-2-11(27-24-8)21-13-14-16-5-10(9-3-18-19-4-9)25(14)6-12(22-13)26-15-17-7-20-23-15/h2-10H,1H3,(H,21,22)(H,23,24);2-8H,1H3,(H,17,18)(H,20,21)(H,22,23);2-8H,1H3,(H,19,20)(H,21,22);4-8,11H,2-3H2,1H3,(H,18,19)(H,20,21);2-7H,1H3,(H,18,19)(H,21,22)(H,17,20,23). The van der Waals surface area contributed by atoms with Crippen LogP contribution in [0.4, 0.5) is 54.1 Å². The Hall–Kier alpha value is -14.8. The minimum Gasteiger partial charge on any atom is -0.339 e. The summed E-state index contributed by atoms with van der Waals surface area (Å²) in [7, 11) is 0. The number of rotatable bonds is 25. The Bertz CT molecular complexity index is 7550. The molecule has 134 heavy (non-hydrogen) atoms. The van der Waals surface area contributed by atoms with Gasteiger partial charge in [0.05, 0.1) is 119 Å². The molecule has 1 fully saturated rings. The zero-order valence-electron chi connectivity index (χ0n) is 70.0. The number of imidazole rings is 6. The maximum absolute atomic E-state index is 4.80. The molecular formula is C81H66N42S11. The Kier molecular flexibility index (Phi) is 25.0. The van der Waals surface area contributed by atoms with Gasteiger partial charge in [0.1, 0.15) is 56.5 Å². The van der Waals surface area contributed by atoms with Gasteiger partial charge in [-0.15, -0.1) is 23.1 Å². The number of nitrogens with one attached hydrogen (secondary N) is 12. The molecule has 12 N–H and O–H groups in total. The summed E-state index contributed by atoms with van der Waals surface area (Å²) in [6.07, 6.45) is 49.9. The molecule has 0 aromatic carbocycles. The van der Waals surface area contributed by atoms with Gasteiger partial charge in [-0.25, -0.2) is 64.8 Å². The smallest absolute Gasteiger partial charge is 0.189 e. The fourth-order valence-electron chi connectivity index (χ4n) is 13.2. The fourth-order valence-corrected chi connectivity index (χ4v) is 21.3. The predicted octanol–water partition coefficient (Wildman–Crippen LogP) is 18.7. The van der Waals surface area contributed by atoms with Crippen molar-refractivity contribution in [3.05, 3.63) is 238 Å². The van der Waals surface area contributed by atoms with E-state index in [1.165, 1.54) is 112 Å². The van der Waals surface area contributed by atoms with Crippen LogP contribution in [-0.4, -0.2) is 185 Å². The minimum absolute atomic E-state index is 0.637. The summed E-state index contributed by atoms with van der Waals surface area (Å²) in [5, 5.41) is 70.8. The van der Waals surface area contributed by atoms with E-state index in [0.717, 1.165) is 178 Å². The van der Waals surface area contributed by atoms with E-state index in [4.69, 9.17) is 24.9 Å². The molecule has 25 rings (SSSR count). The minimum atomic E-state index is 0.637. The van der Waals surface area contributed by atoms with Gasteiger partial charge < -0.3 is 31.6 Å². The van der Waals surface area contributed by atoms with E-state index < -0.39 is 0 Å². The quantitative estimate of drug-likeness (QED) is 0.0253. The molecular weight excluding hydrogens is 1910 g/mol. The van der Waals surface area contributed by atoms with Gasteiger partial charge in [-0.1, -0.05) is 11.8 Å². The first-order valence-electron chi connectivity index (χ1n) is 40.2. The lowest BCUT2D eigenvalue weighted by atomic mass is 10.3. The van der Waals surface area contributed by atoms with Gasteiger partial charge in [0, 0.05) is 136 Å². The number of aromatic nitrogens is 37. The molecule has 1 aliphatic rings. The van der Waals surface area contributed by atoms with Crippen molar-refractivity contribution < 1.29 is 0 Å². The van der Waals surface area contributed by atoms with Crippen LogP contribution >= 0.6 is 128 Å². The second-order valence-electron chi connectivity index (χ2n) is 28.9. The first-order chi connectivity index (χ1) is 65.8. The second kappa shape index (κ2) is 38.9. The van der Waals surface area contributed by atoms with Crippen molar-refractivity contribution in [3.8, 4) is 56.3 Å². The third-order valence-electron chi connectivity index (χ3n) is 19.2. The Balaban J connectivity index is 0.000000101. The number of anilines is 10. The summed E-state index contributed by atoms with van der Waals surface area (Å²) in [5.74, 6) is 3.40. The van der Waals surface area contributed by atoms with E-state index in [1.807, 2.05) is 192 Å². The average molecular weight is 1980 g/mol. The lowest BCUT2D eigenvalue weighted by Gasteiger charge is -2.09. The fraction of sp³-hybridized carbons (Fsp3) is 0.0988. The SMILES string of the molecule is Cc1cc(Nc2nc(SC3CC3)cn3c(-c4cn[nH]c4)cnc23)sn1.Cc1cc(Nc2nc(Sc3ccncc3)cn3c(-c4cn[nH]c4)cnc23)sn1.Cc1cc(Nc2nc(Sc3ncc[nH]3)cn3c(-c4cn[nH]c4)cnc23)sn1.Cc1cc(Nc2nc(Sc3nccs3)cn3c(-c4cn[nH]c4)cnc23)sn1.Cc1cc(Nc2nc(Sc3ncn[nH]3)cn3c(-c4cn[nH]c4)cnc23)sn1. The van der Waals surface area contributed by atoms with Crippen molar-refractivity contribution in [2.75, 3.05) is 26.6 Å². The molecule has 0 spiro atoms. The van der Waals surface area contributed by atoms with Crippen LogP contribution in [0.5, 0.6) is 0 Å². The summed E-state index contributed by atoms with van der Waals surface area (Å²) in [5.41, 5.74) is 18.0. The molecule has 0 bridgehead atoms. The largest absolute Gasteiger partial charge is 0.339 e. The van der Waals surface area contributed by atoms with Crippen molar-refractivity contribution in [2.24, 2.45) is 0 Å². The Morgan fingerprint density at radius 1 is 0.351 bits per heavy atom. The maximum Gasteiger partial charge on any atom is 0.189 e. The lowest BCUT2D eigenvalue weighted by molar-refractivity contribution is 0.960. The van der Waals surface area contributed by atoms with E-state index >= 15 is 0 Å². The zero-order valence-corrected chi connectivity index (χ0v) is 79.0. The summed E-state index contributed by atoms with van der Waals surface area (Å²) in [4.78, 5) is 67.7. The molecule has 24 aromatic rings. The van der Waals surface area contributed by atoms with Crippen molar-refractivity contribution in [1.29, 1.82) is 0 Å². The van der Waals surface area contributed by atoms with Crippen molar-refractivity contribution >= 4 is 210 Å². The molecule has 0 radical (unpaired) electrons. The number of H-pyrrole nitrogens is 7. The topological polar surface area (TPSA) is 515 Å². The van der Waals surface area contributed by atoms with Crippen LogP contribution in [0.15, 0.2) is 254 Å². The number of hydrogen-bond donors (Lipinski definition) is 12. The molecule has 0 atom stereocenters. The van der Waals surface area contributed by atoms with Crippen LogP contribution < -0.4 is 26.6 Å². The van der Waals surface area contributed by atoms with E-state index in [2.05, 4.69) is 170 Å². The van der Waals surface area contributed by atoms with Gasteiger partial charge in [0.2, 0.25) is 0 Å². The number of thiazole rings is 1. The van der Waals surface area contributed by atoms with Gasteiger partial charge in [-0.3, -0.25) is 57.6 Å². The Morgan fingerprint density at radius 3 is 0.993 bits per heavy atom. The van der Waals surface area contributed by atoms with Crippen LogP contribution in [0.1, 0.15) is 41.3 Å². The zero-order chi connectivity index (χ0) is 90.4. The number of thioether (sulfide) groups is 1. The number of hydrogen-bond acceptors (Lipinski definition) is 41. The number of aromatic amines is 7. The van der Waals surface area contributed by atoms with Crippen LogP contribution in [0.2, 0.25) is 0 Å². The van der Waals surface area contributed by atoms with E-state index in [0.29, 0.717) is 39.3 Å². The number of aryl methyl sites for hydroxylation is 5. The van der Waals surface area contributed by atoms with Crippen molar-refractivity contribution in [1.82, 2.24) is 180 Å². The number of nitrogens with zero attached hydrogens (tertiary/aromatic N) is 30. The first-order valence-corrected chi connectivity index (χ1v) is 49.1. The first kappa shape index (κ1) is 85.9. The Morgan fingerprint density at radius 2 is 0.694 bits per heavy atom. The summed E-state index contributed by atoms with van der Waals surface area (Å²) < 4.78 is 32.6. The van der Waals surface area contributed by atoms with Crippen LogP contribution in [-0.2, 0) is 0 Å². The highest BCUT2D eigenvalue weighted by Crippen LogP contribution is 2.42. The number of fused-ring (bicyclic) bond motifs is 5. The highest BCUT2D eigenvalue weighted by Gasteiger charge is 2.27. The maximum atomic E-state index is 4.80. The van der Waals surface area contributed by atoms with Crippen LogP contribution in [0.3, 0.4) is 0 Å². The van der Waals surface area contributed by atoms with Crippen LogP contribution in [0.25, 0.3) is 84.5 Å². The molecule has 0 amide bonds. The highest BCUT2D eigenvalue weighted by atomic mass is 32.2. The molecule has 1 saturated carbocycles. The van der Waals surface area contributed by atoms with Crippen LogP contribution in [0, 0.1) is 34.6 Å². The number of pyridine rings is 1. The third-order valence-corrected chi connectivity index (χ3v) is 28.8. The average Bonchev–Trinajstić information content (AvgIpc) is 1.64. The van der Waals surface area contributed by atoms with Gasteiger partial charge in [0.25, 0.3) is 0 Å². The van der Waals surface area contributed by atoms with E-state index in [9.17, 15) is 0 Å². The van der Waals surface area contributed by atoms with Gasteiger partial charge in [-0.05, 0) is 183 Å². The van der Waals surface area contributed by atoms with E-state index in [1.54, 1.807) is 91.3 Å². The third kappa shape index (κ3) is 19.9.